The molecule has 0 saturated carbocycles. The number of aliphatic hydroxyl groups excluding tert-OH is 1. The monoisotopic (exact) mass is 211 g/mol. The first-order chi connectivity index (χ1) is 7.20. The Labute approximate surface area is 89.3 Å². The summed E-state index contributed by atoms with van der Waals surface area (Å²) < 4.78 is 5.21. The van der Waals surface area contributed by atoms with E-state index in [1.165, 1.54) is 0 Å². The Kier molecular flexibility index (Phi) is 4.55. The van der Waals surface area contributed by atoms with Gasteiger partial charge in [0.15, 0.2) is 0 Å². The quantitative estimate of drug-likeness (QED) is 0.677. The number of ether oxygens (including phenoxy) is 1. The van der Waals surface area contributed by atoms with Crippen LogP contribution in [-0.2, 0) is 11.3 Å². The molecule has 4 heteroatoms. The van der Waals surface area contributed by atoms with Crippen LogP contribution in [0.1, 0.15) is 24.1 Å². The van der Waals surface area contributed by atoms with E-state index >= 15 is 0 Å². The maximum Gasteiger partial charge on any atom is 0.125 e. The largest absolute Gasteiger partial charge is 0.507 e. The SMILES string of the molecule is CCOCc1cccc(C(N)CO)c1O. The molecule has 0 aromatic heterocycles. The van der Waals surface area contributed by atoms with Crippen LogP contribution in [0.15, 0.2) is 18.2 Å². The molecule has 0 aliphatic rings. The molecule has 0 saturated heterocycles. The molecule has 0 heterocycles. The van der Waals surface area contributed by atoms with E-state index in [1.807, 2.05) is 6.92 Å². The number of aliphatic hydroxyl groups is 1. The molecule has 0 spiro atoms. The second-order valence-corrected chi connectivity index (χ2v) is 3.28. The minimum Gasteiger partial charge on any atom is -0.507 e. The van der Waals surface area contributed by atoms with Crippen molar-refractivity contribution in [2.45, 2.75) is 19.6 Å². The Balaban J connectivity index is 2.90. The number of nitrogens with two attached hydrogens (primary N) is 1. The summed E-state index contributed by atoms with van der Waals surface area (Å²) in [4.78, 5) is 0. The number of benzene rings is 1. The van der Waals surface area contributed by atoms with Crippen molar-refractivity contribution in [1.29, 1.82) is 0 Å². The van der Waals surface area contributed by atoms with Crippen LogP contribution in [-0.4, -0.2) is 23.4 Å². The Bertz CT molecular complexity index is 315. The van der Waals surface area contributed by atoms with Crippen LogP contribution < -0.4 is 5.73 Å². The number of hydrogen-bond acceptors (Lipinski definition) is 4. The van der Waals surface area contributed by atoms with Gasteiger partial charge in [-0.3, -0.25) is 0 Å². The van der Waals surface area contributed by atoms with Gasteiger partial charge in [0.1, 0.15) is 5.75 Å². The van der Waals surface area contributed by atoms with Crippen LogP contribution in [0.2, 0.25) is 0 Å². The predicted octanol–water partition coefficient (Wildman–Crippen LogP) is 0.921. The third-order valence-electron chi connectivity index (χ3n) is 2.21. The average molecular weight is 211 g/mol. The summed E-state index contributed by atoms with van der Waals surface area (Å²) in [5.74, 6) is 0.118. The number of phenolic OH excluding ortho intramolecular Hbond substituents is 1. The highest BCUT2D eigenvalue weighted by atomic mass is 16.5. The third-order valence-corrected chi connectivity index (χ3v) is 2.21. The minimum absolute atomic E-state index is 0.118. The van der Waals surface area contributed by atoms with Gasteiger partial charge in [-0.15, -0.1) is 0 Å². The maximum absolute atomic E-state index is 9.85. The van der Waals surface area contributed by atoms with Gasteiger partial charge in [-0.2, -0.15) is 0 Å². The molecule has 0 radical (unpaired) electrons. The Hall–Kier alpha value is -1.10. The number of rotatable bonds is 5. The first kappa shape index (κ1) is 12.0. The highest BCUT2D eigenvalue weighted by molar-refractivity contribution is 5.41. The summed E-state index contributed by atoms with van der Waals surface area (Å²) in [6.45, 7) is 2.65. The smallest absolute Gasteiger partial charge is 0.125 e. The Morgan fingerprint density at radius 1 is 1.47 bits per heavy atom. The van der Waals surface area contributed by atoms with Gasteiger partial charge in [-0.05, 0) is 6.92 Å². The second kappa shape index (κ2) is 5.70. The van der Waals surface area contributed by atoms with Crippen LogP contribution in [0.4, 0.5) is 0 Å². The molecular formula is C11H17NO3. The number of para-hydroxylation sites is 1. The van der Waals surface area contributed by atoms with Crippen molar-refractivity contribution in [3.05, 3.63) is 29.3 Å². The van der Waals surface area contributed by atoms with Gasteiger partial charge < -0.3 is 20.7 Å². The van der Waals surface area contributed by atoms with Crippen molar-refractivity contribution in [3.63, 3.8) is 0 Å². The lowest BCUT2D eigenvalue weighted by molar-refractivity contribution is 0.132. The van der Waals surface area contributed by atoms with Crippen molar-refractivity contribution in [3.8, 4) is 5.75 Å². The summed E-state index contributed by atoms with van der Waals surface area (Å²) >= 11 is 0. The Morgan fingerprint density at radius 3 is 2.80 bits per heavy atom. The van der Waals surface area contributed by atoms with Crippen LogP contribution >= 0.6 is 0 Å². The molecule has 1 aromatic carbocycles. The van der Waals surface area contributed by atoms with E-state index in [0.717, 1.165) is 0 Å². The van der Waals surface area contributed by atoms with Crippen LogP contribution in [0, 0.1) is 0 Å². The normalized spacial score (nSPS) is 12.7. The van der Waals surface area contributed by atoms with Gasteiger partial charge in [-0.25, -0.2) is 0 Å². The molecule has 1 unspecified atom stereocenters. The van der Waals surface area contributed by atoms with E-state index in [4.69, 9.17) is 15.6 Å². The van der Waals surface area contributed by atoms with Crippen molar-refractivity contribution >= 4 is 0 Å². The van der Waals surface area contributed by atoms with Gasteiger partial charge >= 0.3 is 0 Å². The topological polar surface area (TPSA) is 75.7 Å². The van der Waals surface area contributed by atoms with Crippen LogP contribution in [0.3, 0.4) is 0 Å². The van der Waals surface area contributed by atoms with Crippen LogP contribution in [0.5, 0.6) is 5.75 Å². The minimum atomic E-state index is -0.549. The average Bonchev–Trinajstić information content (AvgIpc) is 2.27. The predicted molar refractivity (Wildman–Crippen MR) is 57.5 cm³/mol. The second-order valence-electron chi connectivity index (χ2n) is 3.28. The molecule has 0 aliphatic carbocycles. The summed E-state index contributed by atoms with van der Waals surface area (Å²) in [6, 6.07) is 4.72. The van der Waals surface area contributed by atoms with E-state index in [9.17, 15) is 5.11 Å². The van der Waals surface area contributed by atoms with Gasteiger partial charge in [0.05, 0.1) is 19.3 Å². The molecule has 0 aliphatic heterocycles. The van der Waals surface area contributed by atoms with E-state index in [-0.39, 0.29) is 12.4 Å². The number of hydrogen-bond donors (Lipinski definition) is 3. The van der Waals surface area contributed by atoms with Crippen molar-refractivity contribution in [2.24, 2.45) is 5.73 Å². The van der Waals surface area contributed by atoms with Gasteiger partial charge in [-0.1, -0.05) is 18.2 Å². The van der Waals surface area contributed by atoms with Crippen molar-refractivity contribution < 1.29 is 14.9 Å². The first-order valence-corrected chi connectivity index (χ1v) is 4.95. The molecule has 1 atom stereocenters. The van der Waals surface area contributed by atoms with Gasteiger partial charge in [0, 0.05) is 17.7 Å². The van der Waals surface area contributed by atoms with E-state index in [2.05, 4.69) is 0 Å². The first-order valence-electron chi connectivity index (χ1n) is 4.95. The maximum atomic E-state index is 9.85. The van der Waals surface area contributed by atoms with Gasteiger partial charge in [0.25, 0.3) is 0 Å². The molecule has 15 heavy (non-hydrogen) atoms. The molecule has 0 amide bonds. The number of phenols is 1. The molecule has 1 rings (SSSR count). The highest BCUT2D eigenvalue weighted by Gasteiger charge is 2.12. The molecule has 84 valence electrons. The number of aromatic hydroxyl groups is 1. The molecular weight excluding hydrogens is 194 g/mol. The van der Waals surface area contributed by atoms with E-state index in [1.54, 1.807) is 18.2 Å². The fourth-order valence-electron chi connectivity index (χ4n) is 1.34. The summed E-state index contributed by atoms with van der Waals surface area (Å²) in [5.41, 5.74) is 6.89. The zero-order valence-electron chi connectivity index (χ0n) is 8.81. The zero-order chi connectivity index (χ0) is 11.3. The fraction of sp³-hybridized carbons (Fsp3) is 0.455. The lowest BCUT2D eigenvalue weighted by Crippen LogP contribution is -2.15. The summed E-state index contributed by atoms with van der Waals surface area (Å²) in [5, 5.41) is 18.8. The highest BCUT2D eigenvalue weighted by Crippen LogP contribution is 2.27. The molecule has 4 nitrogen and oxygen atoms in total. The zero-order valence-corrected chi connectivity index (χ0v) is 8.81. The van der Waals surface area contributed by atoms with E-state index in [0.29, 0.717) is 24.3 Å². The standard InChI is InChI=1S/C11H17NO3/c1-2-15-7-8-4-3-5-9(11(8)14)10(12)6-13/h3-5,10,13-14H,2,6-7,12H2,1H3. The summed E-state index contributed by atoms with van der Waals surface area (Å²) in [7, 11) is 0. The van der Waals surface area contributed by atoms with Crippen molar-refractivity contribution in [2.75, 3.05) is 13.2 Å². The van der Waals surface area contributed by atoms with E-state index < -0.39 is 6.04 Å². The van der Waals surface area contributed by atoms with Crippen molar-refractivity contribution in [1.82, 2.24) is 0 Å². The fourth-order valence-corrected chi connectivity index (χ4v) is 1.34. The lowest BCUT2D eigenvalue weighted by atomic mass is 10.0. The molecule has 0 bridgehead atoms. The molecule has 4 N–H and O–H groups in total. The lowest BCUT2D eigenvalue weighted by Gasteiger charge is -2.13. The third kappa shape index (κ3) is 2.92. The summed E-state index contributed by atoms with van der Waals surface area (Å²) in [6.07, 6.45) is 0. The molecule has 1 aromatic rings. The van der Waals surface area contributed by atoms with Gasteiger partial charge in [0.2, 0.25) is 0 Å². The molecule has 0 fully saturated rings. The Morgan fingerprint density at radius 2 is 2.20 bits per heavy atom. The van der Waals surface area contributed by atoms with Crippen LogP contribution in [0.25, 0.3) is 0 Å².